The van der Waals surface area contributed by atoms with E-state index in [0.29, 0.717) is 17.9 Å². The molecule has 74 valence electrons. The van der Waals surface area contributed by atoms with Crippen LogP contribution in [-0.4, -0.2) is 30.3 Å². The quantitative estimate of drug-likeness (QED) is 0.668. The number of carbonyl (C=O) groups excluding carboxylic acids is 1. The van der Waals surface area contributed by atoms with Crippen molar-refractivity contribution in [2.45, 2.75) is 6.04 Å². The third kappa shape index (κ3) is 1.56. The fourth-order valence-corrected chi connectivity index (χ4v) is 1.37. The number of aliphatic hydroxyl groups excluding tert-OH is 1. The lowest BCUT2D eigenvalue weighted by Gasteiger charge is -2.10. The molecule has 2 N–H and O–H groups in total. The number of hydrogen-bond donors (Lipinski definition) is 2. The molecule has 2 rings (SSSR count). The van der Waals surface area contributed by atoms with Crippen LogP contribution in [0.2, 0.25) is 0 Å². The summed E-state index contributed by atoms with van der Waals surface area (Å²) < 4.78 is 5.38. The Bertz CT molecular complexity index is 351. The van der Waals surface area contributed by atoms with Gasteiger partial charge in [0.25, 0.3) is 5.91 Å². The van der Waals surface area contributed by atoms with Gasteiger partial charge in [0.15, 0.2) is 0 Å². The molecule has 1 aromatic rings. The van der Waals surface area contributed by atoms with E-state index < -0.39 is 0 Å². The standard InChI is InChI=1S/C10H11NO3/c12-5-7-6-14-9-4-2-1-3-8(9)10(13)11-7/h1-4,7,12H,5-6H2,(H,11,13). The number of carbonyl (C=O) groups is 1. The normalized spacial score (nSPS) is 20.4. The van der Waals surface area contributed by atoms with Crippen LogP contribution in [0.25, 0.3) is 0 Å². The molecule has 0 aromatic heterocycles. The van der Waals surface area contributed by atoms with Gasteiger partial charge >= 0.3 is 0 Å². The lowest BCUT2D eigenvalue weighted by molar-refractivity contribution is 0.0914. The smallest absolute Gasteiger partial charge is 0.255 e. The zero-order chi connectivity index (χ0) is 9.97. The lowest BCUT2D eigenvalue weighted by atomic mass is 10.2. The fraction of sp³-hybridized carbons (Fsp3) is 0.300. The second-order valence-corrected chi connectivity index (χ2v) is 3.16. The van der Waals surface area contributed by atoms with Gasteiger partial charge in [-0.3, -0.25) is 4.79 Å². The third-order valence-corrected chi connectivity index (χ3v) is 2.13. The van der Waals surface area contributed by atoms with Gasteiger partial charge in [-0.1, -0.05) is 12.1 Å². The van der Waals surface area contributed by atoms with Crippen molar-refractivity contribution >= 4 is 5.91 Å². The molecular weight excluding hydrogens is 182 g/mol. The van der Waals surface area contributed by atoms with E-state index in [0.717, 1.165) is 0 Å². The highest BCUT2D eigenvalue weighted by atomic mass is 16.5. The molecular formula is C10H11NO3. The van der Waals surface area contributed by atoms with Crippen LogP contribution in [0.5, 0.6) is 5.75 Å². The molecule has 1 heterocycles. The maximum absolute atomic E-state index is 11.6. The van der Waals surface area contributed by atoms with Gasteiger partial charge in [0, 0.05) is 0 Å². The van der Waals surface area contributed by atoms with Crippen molar-refractivity contribution in [3.05, 3.63) is 29.8 Å². The Balaban J connectivity index is 2.31. The van der Waals surface area contributed by atoms with Crippen LogP contribution in [0.15, 0.2) is 24.3 Å². The Hall–Kier alpha value is -1.55. The van der Waals surface area contributed by atoms with Crippen LogP contribution in [-0.2, 0) is 0 Å². The minimum atomic E-state index is -0.324. The van der Waals surface area contributed by atoms with Gasteiger partial charge in [-0.2, -0.15) is 0 Å². The van der Waals surface area contributed by atoms with Crippen molar-refractivity contribution in [3.63, 3.8) is 0 Å². The van der Waals surface area contributed by atoms with E-state index in [9.17, 15) is 4.79 Å². The zero-order valence-electron chi connectivity index (χ0n) is 7.56. The van der Waals surface area contributed by atoms with Crippen LogP contribution in [0.1, 0.15) is 10.4 Å². The van der Waals surface area contributed by atoms with Crippen molar-refractivity contribution in [1.82, 2.24) is 5.32 Å². The number of fused-ring (bicyclic) bond motifs is 1. The summed E-state index contributed by atoms with van der Waals surface area (Å²) in [7, 11) is 0. The highest BCUT2D eigenvalue weighted by Gasteiger charge is 2.21. The Labute approximate surface area is 81.5 Å². The Morgan fingerprint density at radius 1 is 1.50 bits per heavy atom. The molecule has 0 fully saturated rings. The topological polar surface area (TPSA) is 58.6 Å². The van der Waals surface area contributed by atoms with Crippen molar-refractivity contribution in [1.29, 1.82) is 0 Å². The summed E-state index contributed by atoms with van der Waals surface area (Å²) in [4.78, 5) is 11.6. The summed E-state index contributed by atoms with van der Waals surface area (Å²) >= 11 is 0. The van der Waals surface area contributed by atoms with Gasteiger partial charge in [-0.15, -0.1) is 0 Å². The first-order chi connectivity index (χ1) is 6.81. The second kappa shape index (κ2) is 3.67. The van der Waals surface area contributed by atoms with E-state index in [-0.39, 0.29) is 18.6 Å². The van der Waals surface area contributed by atoms with Crippen molar-refractivity contribution in [3.8, 4) is 5.75 Å². The molecule has 0 aliphatic carbocycles. The summed E-state index contributed by atoms with van der Waals surface area (Å²) in [6.07, 6.45) is 0. The van der Waals surface area contributed by atoms with Crippen molar-refractivity contribution < 1.29 is 14.6 Å². The number of nitrogens with one attached hydrogen (secondary N) is 1. The fourth-order valence-electron chi connectivity index (χ4n) is 1.37. The van der Waals surface area contributed by atoms with Gasteiger partial charge < -0.3 is 15.2 Å². The third-order valence-electron chi connectivity index (χ3n) is 2.13. The molecule has 1 aliphatic heterocycles. The second-order valence-electron chi connectivity index (χ2n) is 3.16. The maximum Gasteiger partial charge on any atom is 0.255 e. The van der Waals surface area contributed by atoms with E-state index in [1.54, 1.807) is 18.2 Å². The summed E-state index contributed by atoms with van der Waals surface area (Å²) in [6.45, 7) is 0.193. The average Bonchev–Trinajstić information content (AvgIpc) is 2.39. The number of amides is 1. The van der Waals surface area contributed by atoms with E-state index in [4.69, 9.17) is 9.84 Å². The first kappa shape index (κ1) is 9.02. The highest BCUT2D eigenvalue weighted by molar-refractivity contribution is 5.97. The number of hydrogen-bond acceptors (Lipinski definition) is 3. The molecule has 4 heteroatoms. The number of benzene rings is 1. The number of aliphatic hydroxyl groups is 1. The lowest BCUT2D eigenvalue weighted by Crippen LogP contribution is -2.39. The summed E-state index contributed by atoms with van der Waals surface area (Å²) in [6, 6.07) is 6.71. The van der Waals surface area contributed by atoms with E-state index in [1.165, 1.54) is 0 Å². The molecule has 1 unspecified atom stereocenters. The molecule has 14 heavy (non-hydrogen) atoms. The molecule has 0 radical (unpaired) electrons. The zero-order valence-corrected chi connectivity index (χ0v) is 7.56. The highest BCUT2D eigenvalue weighted by Crippen LogP contribution is 2.20. The van der Waals surface area contributed by atoms with Crippen LogP contribution in [0.4, 0.5) is 0 Å². The summed E-state index contributed by atoms with van der Waals surface area (Å²) in [5.41, 5.74) is 0.517. The predicted molar refractivity (Wildman–Crippen MR) is 50.3 cm³/mol. The van der Waals surface area contributed by atoms with Gasteiger partial charge in [0.1, 0.15) is 12.4 Å². The monoisotopic (exact) mass is 193 g/mol. The first-order valence-corrected chi connectivity index (χ1v) is 4.45. The Morgan fingerprint density at radius 3 is 3.07 bits per heavy atom. The maximum atomic E-state index is 11.6. The largest absolute Gasteiger partial charge is 0.491 e. The molecule has 1 aromatic carbocycles. The molecule has 0 saturated heterocycles. The molecule has 0 spiro atoms. The molecule has 0 bridgehead atoms. The van der Waals surface area contributed by atoms with E-state index in [1.807, 2.05) is 6.07 Å². The molecule has 4 nitrogen and oxygen atoms in total. The van der Waals surface area contributed by atoms with Crippen LogP contribution >= 0.6 is 0 Å². The van der Waals surface area contributed by atoms with Gasteiger partial charge in [-0.05, 0) is 12.1 Å². The van der Waals surface area contributed by atoms with E-state index in [2.05, 4.69) is 5.32 Å². The number of ether oxygens (including phenoxy) is 1. The SMILES string of the molecule is O=C1NC(CO)COc2ccccc21. The van der Waals surface area contributed by atoms with Gasteiger partial charge in [-0.25, -0.2) is 0 Å². The Kier molecular flexibility index (Phi) is 2.37. The predicted octanol–water partition coefficient (Wildman–Crippen LogP) is 0.170. The van der Waals surface area contributed by atoms with Crippen LogP contribution in [0, 0.1) is 0 Å². The minimum absolute atomic E-state index is 0.111. The Morgan fingerprint density at radius 2 is 2.29 bits per heavy atom. The number of para-hydroxylation sites is 1. The molecule has 1 amide bonds. The molecule has 1 aliphatic rings. The van der Waals surface area contributed by atoms with Crippen molar-refractivity contribution in [2.75, 3.05) is 13.2 Å². The summed E-state index contributed by atoms with van der Waals surface area (Å²) in [5, 5.41) is 11.6. The van der Waals surface area contributed by atoms with Crippen LogP contribution < -0.4 is 10.1 Å². The molecule has 1 atom stereocenters. The van der Waals surface area contributed by atoms with Gasteiger partial charge in [0.05, 0.1) is 18.2 Å². The number of rotatable bonds is 1. The first-order valence-electron chi connectivity index (χ1n) is 4.45. The van der Waals surface area contributed by atoms with Gasteiger partial charge in [0.2, 0.25) is 0 Å². The average molecular weight is 193 g/mol. The summed E-state index contributed by atoms with van der Waals surface area (Å²) in [5.74, 6) is 0.373. The minimum Gasteiger partial charge on any atom is -0.491 e. The van der Waals surface area contributed by atoms with Crippen LogP contribution in [0.3, 0.4) is 0 Å². The van der Waals surface area contributed by atoms with E-state index >= 15 is 0 Å². The molecule has 0 saturated carbocycles. The van der Waals surface area contributed by atoms with Crippen molar-refractivity contribution in [2.24, 2.45) is 0 Å².